The molecular weight excluding hydrogens is 276 g/mol. The number of likely N-dealkylation sites (tertiary alicyclic amines) is 1. The number of Topliss-reactive ketones (excluding diaryl/α,β-unsaturated/α-hetero) is 1. The summed E-state index contributed by atoms with van der Waals surface area (Å²) in [5, 5.41) is 3.51. The molecule has 1 aliphatic heterocycles. The second-order valence-corrected chi connectivity index (χ2v) is 5.62. The molecule has 20 heavy (non-hydrogen) atoms. The van der Waals surface area contributed by atoms with E-state index in [9.17, 15) is 9.59 Å². The molecule has 0 atom stereocenters. The van der Waals surface area contributed by atoms with E-state index in [1.54, 1.807) is 24.3 Å². The molecule has 1 heterocycles. The molecule has 4 nitrogen and oxygen atoms in total. The lowest BCUT2D eigenvalue weighted by Crippen LogP contribution is -2.45. The number of hydrogen-bond acceptors (Lipinski definition) is 3. The van der Waals surface area contributed by atoms with Gasteiger partial charge in [-0.3, -0.25) is 14.5 Å². The average Bonchev–Trinajstić information content (AvgIpc) is 2.40. The standard InChI is InChI=1S/C15H19ClN2O2/c1-11(19)17-14-5-7-18(8-6-14)10-15(20)12-3-2-4-13(16)9-12/h2-4,9,14H,5-8,10H2,1H3,(H,17,19). The van der Waals surface area contributed by atoms with Crippen molar-refractivity contribution in [3.8, 4) is 0 Å². The first kappa shape index (κ1) is 15.0. The van der Waals surface area contributed by atoms with Gasteiger partial charge in [-0.15, -0.1) is 0 Å². The minimum absolute atomic E-state index is 0.0125. The Hall–Kier alpha value is -1.39. The highest BCUT2D eigenvalue weighted by Crippen LogP contribution is 2.14. The van der Waals surface area contributed by atoms with Crippen molar-refractivity contribution in [1.82, 2.24) is 10.2 Å². The maximum Gasteiger partial charge on any atom is 0.217 e. The molecule has 0 saturated carbocycles. The van der Waals surface area contributed by atoms with Crippen molar-refractivity contribution in [1.29, 1.82) is 0 Å². The SMILES string of the molecule is CC(=O)NC1CCN(CC(=O)c2cccc(Cl)c2)CC1. The van der Waals surface area contributed by atoms with Gasteiger partial charge in [0, 0.05) is 36.6 Å². The third kappa shape index (κ3) is 4.32. The van der Waals surface area contributed by atoms with Crippen molar-refractivity contribution in [2.24, 2.45) is 0 Å². The Kier molecular flexibility index (Phi) is 5.15. The summed E-state index contributed by atoms with van der Waals surface area (Å²) in [6, 6.07) is 7.28. The minimum Gasteiger partial charge on any atom is -0.354 e. The summed E-state index contributed by atoms with van der Waals surface area (Å²) >= 11 is 5.89. The number of hydrogen-bond donors (Lipinski definition) is 1. The van der Waals surface area contributed by atoms with Gasteiger partial charge in [-0.1, -0.05) is 23.7 Å². The van der Waals surface area contributed by atoms with Crippen molar-refractivity contribution in [2.75, 3.05) is 19.6 Å². The number of carbonyl (C=O) groups is 2. The monoisotopic (exact) mass is 294 g/mol. The molecular formula is C15H19ClN2O2. The first-order valence-electron chi connectivity index (χ1n) is 6.83. The summed E-state index contributed by atoms with van der Waals surface area (Å²) in [5.41, 5.74) is 0.654. The van der Waals surface area contributed by atoms with Crippen molar-refractivity contribution in [3.05, 3.63) is 34.9 Å². The normalized spacial score (nSPS) is 16.9. The summed E-state index contributed by atoms with van der Waals surface area (Å²) in [6.45, 7) is 3.61. The minimum atomic E-state index is 0.0125. The molecule has 1 fully saturated rings. The van der Waals surface area contributed by atoms with Gasteiger partial charge in [0.1, 0.15) is 0 Å². The maximum absolute atomic E-state index is 12.2. The highest BCUT2D eigenvalue weighted by atomic mass is 35.5. The van der Waals surface area contributed by atoms with Gasteiger partial charge in [-0.05, 0) is 25.0 Å². The Balaban J connectivity index is 1.83. The molecule has 0 unspecified atom stereocenters. The molecule has 1 aliphatic rings. The molecule has 1 amide bonds. The highest BCUT2D eigenvalue weighted by Gasteiger charge is 2.21. The number of piperidine rings is 1. The van der Waals surface area contributed by atoms with E-state index in [0.717, 1.165) is 25.9 Å². The zero-order valence-electron chi connectivity index (χ0n) is 11.6. The second-order valence-electron chi connectivity index (χ2n) is 5.18. The molecule has 108 valence electrons. The van der Waals surface area contributed by atoms with Crippen LogP contribution in [-0.2, 0) is 4.79 Å². The van der Waals surface area contributed by atoms with Crippen LogP contribution in [0, 0.1) is 0 Å². The van der Waals surface area contributed by atoms with E-state index in [2.05, 4.69) is 10.2 Å². The van der Waals surface area contributed by atoms with E-state index < -0.39 is 0 Å². The van der Waals surface area contributed by atoms with E-state index in [1.807, 2.05) is 0 Å². The first-order chi connectivity index (χ1) is 9.54. The molecule has 2 rings (SSSR count). The summed E-state index contributed by atoms with van der Waals surface area (Å²) in [7, 11) is 0. The number of benzene rings is 1. The number of amides is 1. The molecule has 0 aromatic heterocycles. The number of carbonyl (C=O) groups excluding carboxylic acids is 2. The predicted molar refractivity (Wildman–Crippen MR) is 79.1 cm³/mol. The molecule has 1 N–H and O–H groups in total. The van der Waals surface area contributed by atoms with Gasteiger partial charge in [0.2, 0.25) is 5.91 Å². The molecule has 0 aliphatic carbocycles. The fourth-order valence-corrected chi connectivity index (χ4v) is 2.67. The number of nitrogens with zero attached hydrogens (tertiary/aromatic N) is 1. The first-order valence-corrected chi connectivity index (χ1v) is 7.20. The van der Waals surface area contributed by atoms with Gasteiger partial charge in [-0.25, -0.2) is 0 Å². The Labute approximate surface area is 124 Å². The highest BCUT2D eigenvalue weighted by molar-refractivity contribution is 6.31. The fourth-order valence-electron chi connectivity index (χ4n) is 2.48. The quantitative estimate of drug-likeness (QED) is 0.866. The van der Waals surface area contributed by atoms with Gasteiger partial charge in [0.25, 0.3) is 0 Å². The lowest BCUT2D eigenvalue weighted by molar-refractivity contribution is -0.119. The lowest BCUT2D eigenvalue weighted by atomic mass is 10.0. The summed E-state index contributed by atoms with van der Waals surface area (Å²) in [6.07, 6.45) is 1.78. The Bertz CT molecular complexity index is 496. The summed E-state index contributed by atoms with van der Waals surface area (Å²) < 4.78 is 0. The van der Waals surface area contributed by atoms with Crippen LogP contribution in [0.15, 0.2) is 24.3 Å². The summed E-state index contributed by atoms with van der Waals surface area (Å²) in [4.78, 5) is 25.3. The van der Waals surface area contributed by atoms with Crippen LogP contribution in [0.2, 0.25) is 5.02 Å². The van der Waals surface area contributed by atoms with Gasteiger partial charge in [0.05, 0.1) is 6.54 Å². The lowest BCUT2D eigenvalue weighted by Gasteiger charge is -2.31. The Morgan fingerprint density at radius 1 is 1.35 bits per heavy atom. The largest absolute Gasteiger partial charge is 0.354 e. The predicted octanol–water partition coefficient (Wildman–Crippen LogP) is 2.12. The van der Waals surface area contributed by atoms with Gasteiger partial charge < -0.3 is 5.32 Å². The molecule has 0 bridgehead atoms. The average molecular weight is 295 g/mol. The number of rotatable bonds is 4. The van der Waals surface area contributed by atoms with E-state index in [4.69, 9.17) is 11.6 Å². The van der Waals surface area contributed by atoms with Crippen LogP contribution < -0.4 is 5.32 Å². The summed E-state index contributed by atoms with van der Waals surface area (Å²) in [5.74, 6) is 0.101. The van der Waals surface area contributed by atoms with Crippen LogP contribution in [0.25, 0.3) is 0 Å². The third-order valence-electron chi connectivity index (χ3n) is 3.51. The second kappa shape index (κ2) is 6.86. The fraction of sp³-hybridized carbons (Fsp3) is 0.467. The van der Waals surface area contributed by atoms with Gasteiger partial charge >= 0.3 is 0 Å². The van der Waals surface area contributed by atoms with Gasteiger partial charge in [0.15, 0.2) is 5.78 Å². The van der Waals surface area contributed by atoms with Gasteiger partial charge in [-0.2, -0.15) is 0 Å². The van der Waals surface area contributed by atoms with Crippen molar-refractivity contribution in [3.63, 3.8) is 0 Å². The van der Waals surface area contributed by atoms with E-state index in [0.29, 0.717) is 17.1 Å². The smallest absolute Gasteiger partial charge is 0.217 e. The molecule has 0 spiro atoms. The van der Waals surface area contributed by atoms with Crippen molar-refractivity contribution >= 4 is 23.3 Å². The maximum atomic E-state index is 12.2. The molecule has 0 radical (unpaired) electrons. The van der Waals surface area contributed by atoms with Crippen molar-refractivity contribution < 1.29 is 9.59 Å². The third-order valence-corrected chi connectivity index (χ3v) is 3.74. The van der Waals surface area contributed by atoms with Crippen LogP contribution in [-0.4, -0.2) is 42.3 Å². The van der Waals surface area contributed by atoms with Crippen LogP contribution in [0.4, 0.5) is 0 Å². The van der Waals surface area contributed by atoms with Crippen LogP contribution >= 0.6 is 11.6 Å². The van der Waals surface area contributed by atoms with E-state index >= 15 is 0 Å². The van der Waals surface area contributed by atoms with E-state index in [1.165, 1.54) is 6.92 Å². The van der Waals surface area contributed by atoms with E-state index in [-0.39, 0.29) is 17.7 Å². The molecule has 1 aromatic carbocycles. The molecule has 1 saturated heterocycles. The Morgan fingerprint density at radius 3 is 2.65 bits per heavy atom. The number of nitrogens with one attached hydrogen (secondary N) is 1. The molecule has 5 heteroatoms. The van der Waals surface area contributed by atoms with Crippen molar-refractivity contribution in [2.45, 2.75) is 25.8 Å². The van der Waals surface area contributed by atoms with Crippen LogP contribution in [0.3, 0.4) is 0 Å². The Morgan fingerprint density at radius 2 is 2.05 bits per heavy atom. The topological polar surface area (TPSA) is 49.4 Å². The molecule has 1 aromatic rings. The zero-order chi connectivity index (χ0) is 14.5. The number of ketones is 1. The zero-order valence-corrected chi connectivity index (χ0v) is 12.3. The van der Waals surface area contributed by atoms with Crippen LogP contribution in [0.1, 0.15) is 30.1 Å². The number of halogens is 1. The van der Waals surface area contributed by atoms with Crippen LogP contribution in [0.5, 0.6) is 0 Å².